The summed E-state index contributed by atoms with van der Waals surface area (Å²) >= 11 is 1.37. The summed E-state index contributed by atoms with van der Waals surface area (Å²) in [6.07, 6.45) is 7.28. The summed E-state index contributed by atoms with van der Waals surface area (Å²) in [5, 5.41) is 14.8. The van der Waals surface area contributed by atoms with Crippen molar-refractivity contribution >= 4 is 34.4 Å². The molecule has 0 saturated carbocycles. The zero-order chi connectivity index (χ0) is 20.4. The van der Waals surface area contributed by atoms with Crippen molar-refractivity contribution in [3.8, 4) is 5.75 Å². The first-order valence-electron chi connectivity index (χ1n) is 9.27. The molecule has 7 nitrogen and oxygen atoms in total. The summed E-state index contributed by atoms with van der Waals surface area (Å²) in [6, 6.07) is 6.61. The molecular formula is C20H26N4O3S. The fraction of sp³-hybridized carbons (Fsp3) is 0.400. The van der Waals surface area contributed by atoms with Crippen LogP contribution < -0.4 is 15.4 Å². The minimum atomic E-state index is -0.694. The zero-order valence-corrected chi connectivity index (χ0v) is 17.2. The molecule has 1 atom stereocenters. The van der Waals surface area contributed by atoms with Crippen LogP contribution in [0.2, 0.25) is 0 Å². The van der Waals surface area contributed by atoms with Crippen LogP contribution >= 0.6 is 11.3 Å². The minimum Gasteiger partial charge on any atom is -0.497 e. The second kappa shape index (κ2) is 11.2. The quantitative estimate of drug-likeness (QED) is 0.469. The third-order valence-corrected chi connectivity index (χ3v) is 4.88. The standard InChI is InChI=1S/C20H26N4O3S/c1-4-5-6-7-18-23-24-20(28-18)22-19(26)14(2)21-17(25)13-10-15-8-11-16(27-3)12-9-15/h8-14H,4-7H2,1-3H3,(H,21,25)(H,22,24,26)/b13-10+. The molecule has 0 bridgehead atoms. The van der Waals surface area contributed by atoms with Gasteiger partial charge in [0.1, 0.15) is 16.8 Å². The number of unbranched alkanes of at least 4 members (excludes halogenated alkanes) is 2. The summed E-state index contributed by atoms with van der Waals surface area (Å²) in [5.41, 5.74) is 0.859. The van der Waals surface area contributed by atoms with Crippen LogP contribution in [0.5, 0.6) is 5.75 Å². The van der Waals surface area contributed by atoms with Crippen molar-refractivity contribution in [2.75, 3.05) is 12.4 Å². The van der Waals surface area contributed by atoms with Gasteiger partial charge in [-0.15, -0.1) is 10.2 Å². The Balaban J connectivity index is 1.80. The predicted molar refractivity (Wildman–Crippen MR) is 111 cm³/mol. The van der Waals surface area contributed by atoms with Gasteiger partial charge < -0.3 is 10.1 Å². The van der Waals surface area contributed by atoms with Gasteiger partial charge in [-0.05, 0) is 37.1 Å². The molecule has 8 heteroatoms. The molecule has 1 aromatic heterocycles. The molecule has 0 radical (unpaired) electrons. The highest BCUT2D eigenvalue weighted by Gasteiger charge is 2.16. The van der Waals surface area contributed by atoms with Crippen LogP contribution in [-0.4, -0.2) is 35.2 Å². The van der Waals surface area contributed by atoms with Crippen molar-refractivity contribution < 1.29 is 14.3 Å². The molecule has 0 spiro atoms. The van der Waals surface area contributed by atoms with Gasteiger partial charge in [0.2, 0.25) is 16.9 Å². The number of benzene rings is 1. The second-order valence-corrected chi connectivity index (χ2v) is 7.35. The van der Waals surface area contributed by atoms with E-state index in [0.717, 1.165) is 42.0 Å². The van der Waals surface area contributed by atoms with Gasteiger partial charge in [0.15, 0.2) is 0 Å². The van der Waals surface area contributed by atoms with Crippen molar-refractivity contribution in [3.05, 3.63) is 40.9 Å². The van der Waals surface area contributed by atoms with Crippen LogP contribution in [0.25, 0.3) is 6.08 Å². The summed E-state index contributed by atoms with van der Waals surface area (Å²) in [7, 11) is 1.60. The van der Waals surface area contributed by atoms with E-state index in [-0.39, 0.29) is 11.8 Å². The smallest absolute Gasteiger partial charge is 0.248 e. The Morgan fingerprint density at radius 3 is 2.64 bits per heavy atom. The van der Waals surface area contributed by atoms with E-state index in [2.05, 4.69) is 27.8 Å². The van der Waals surface area contributed by atoms with Crippen LogP contribution in [0.3, 0.4) is 0 Å². The largest absolute Gasteiger partial charge is 0.497 e. The molecule has 0 aliphatic heterocycles. The number of anilines is 1. The number of nitrogens with zero attached hydrogens (tertiary/aromatic N) is 2. The molecular weight excluding hydrogens is 376 g/mol. The van der Waals surface area contributed by atoms with E-state index >= 15 is 0 Å². The van der Waals surface area contributed by atoms with Gasteiger partial charge in [-0.2, -0.15) is 0 Å². The van der Waals surface area contributed by atoms with Crippen molar-refractivity contribution in [3.63, 3.8) is 0 Å². The van der Waals surface area contributed by atoms with E-state index < -0.39 is 6.04 Å². The van der Waals surface area contributed by atoms with E-state index in [1.165, 1.54) is 17.4 Å². The highest BCUT2D eigenvalue weighted by atomic mass is 32.1. The number of methoxy groups -OCH3 is 1. The average Bonchev–Trinajstić information content (AvgIpc) is 3.14. The van der Waals surface area contributed by atoms with Gasteiger partial charge >= 0.3 is 0 Å². The summed E-state index contributed by atoms with van der Waals surface area (Å²) in [6.45, 7) is 3.77. The van der Waals surface area contributed by atoms with E-state index in [4.69, 9.17) is 4.74 Å². The number of carbonyl (C=O) groups is 2. The van der Waals surface area contributed by atoms with Gasteiger partial charge in [-0.3, -0.25) is 14.9 Å². The molecule has 2 aromatic rings. The maximum Gasteiger partial charge on any atom is 0.248 e. The summed E-state index contributed by atoms with van der Waals surface area (Å²) in [5.74, 6) is 0.0653. The first kappa shape index (κ1) is 21.6. The van der Waals surface area contributed by atoms with Crippen LogP contribution in [0.1, 0.15) is 43.7 Å². The molecule has 2 N–H and O–H groups in total. The number of nitrogens with one attached hydrogen (secondary N) is 2. The number of hydrogen-bond acceptors (Lipinski definition) is 6. The summed E-state index contributed by atoms with van der Waals surface area (Å²) in [4.78, 5) is 24.3. The monoisotopic (exact) mass is 402 g/mol. The number of hydrogen-bond donors (Lipinski definition) is 2. The SMILES string of the molecule is CCCCCc1nnc(NC(=O)C(C)NC(=O)/C=C/c2ccc(OC)cc2)s1. The first-order chi connectivity index (χ1) is 13.5. The molecule has 0 aliphatic rings. The molecule has 0 saturated heterocycles. The fourth-order valence-corrected chi connectivity index (χ4v) is 3.14. The highest BCUT2D eigenvalue weighted by Crippen LogP contribution is 2.17. The Morgan fingerprint density at radius 1 is 1.21 bits per heavy atom. The van der Waals surface area contributed by atoms with Crippen molar-refractivity contribution in [2.24, 2.45) is 0 Å². The predicted octanol–water partition coefficient (Wildman–Crippen LogP) is 3.44. The third-order valence-electron chi connectivity index (χ3n) is 3.99. The molecule has 2 rings (SSSR count). The normalized spacial score (nSPS) is 12.0. The lowest BCUT2D eigenvalue weighted by atomic mass is 10.2. The molecule has 0 fully saturated rings. The Morgan fingerprint density at radius 2 is 1.96 bits per heavy atom. The topological polar surface area (TPSA) is 93.2 Å². The number of aryl methyl sites for hydroxylation is 1. The first-order valence-corrected chi connectivity index (χ1v) is 10.1. The van der Waals surface area contributed by atoms with Crippen molar-refractivity contribution in [1.82, 2.24) is 15.5 Å². The van der Waals surface area contributed by atoms with Gasteiger partial charge in [0.25, 0.3) is 0 Å². The lowest BCUT2D eigenvalue weighted by molar-refractivity contribution is -0.123. The summed E-state index contributed by atoms with van der Waals surface area (Å²) < 4.78 is 5.09. The Bertz CT molecular complexity index is 802. The molecule has 1 heterocycles. The number of carbonyl (C=O) groups excluding carboxylic acids is 2. The van der Waals surface area contributed by atoms with Crippen LogP contribution in [0.4, 0.5) is 5.13 Å². The average molecular weight is 403 g/mol. The van der Waals surface area contributed by atoms with Crippen LogP contribution in [-0.2, 0) is 16.0 Å². The minimum absolute atomic E-state index is 0.331. The van der Waals surface area contributed by atoms with E-state index in [1.54, 1.807) is 20.1 Å². The van der Waals surface area contributed by atoms with Gasteiger partial charge in [0, 0.05) is 12.5 Å². The molecule has 0 aliphatic carbocycles. The molecule has 1 aromatic carbocycles. The highest BCUT2D eigenvalue weighted by molar-refractivity contribution is 7.15. The van der Waals surface area contributed by atoms with Gasteiger partial charge in [-0.1, -0.05) is 43.2 Å². The Kier molecular flexibility index (Phi) is 8.61. The molecule has 28 heavy (non-hydrogen) atoms. The number of rotatable bonds is 10. The second-order valence-electron chi connectivity index (χ2n) is 6.28. The maximum atomic E-state index is 12.2. The molecule has 150 valence electrons. The van der Waals surface area contributed by atoms with Crippen LogP contribution in [0, 0.1) is 0 Å². The third kappa shape index (κ3) is 7.11. The van der Waals surface area contributed by atoms with Crippen molar-refractivity contribution in [2.45, 2.75) is 45.6 Å². The molecule has 1 unspecified atom stereocenters. The van der Waals surface area contributed by atoms with E-state index in [1.807, 2.05) is 24.3 Å². The lowest BCUT2D eigenvalue weighted by Crippen LogP contribution is -2.40. The number of ether oxygens (including phenoxy) is 1. The van der Waals surface area contributed by atoms with Crippen molar-refractivity contribution in [1.29, 1.82) is 0 Å². The fourth-order valence-electron chi connectivity index (χ4n) is 2.36. The van der Waals surface area contributed by atoms with E-state index in [0.29, 0.717) is 5.13 Å². The Labute approximate surface area is 169 Å². The zero-order valence-electron chi connectivity index (χ0n) is 16.4. The van der Waals surface area contributed by atoms with Gasteiger partial charge in [0.05, 0.1) is 7.11 Å². The van der Waals surface area contributed by atoms with Gasteiger partial charge in [-0.25, -0.2) is 0 Å². The van der Waals surface area contributed by atoms with Crippen LogP contribution in [0.15, 0.2) is 30.3 Å². The number of aromatic nitrogens is 2. The van der Waals surface area contributed by atoms with E-state index in [9.17, 15) is 9.59 Å². The lowest BCUT2D eigenvalue weighted by Gasteiger charge is -2.11. The number of amides is 2. The Hall–Kier alpha value is -2.74. The maximum absolute atomic E-state index is 12.2. The molecule has 2 amide bonds.